The van der Waals surface area contributed by atoms with Crippen LogP contribution in [0.3, 0.4) is 0 Å². The first-order chi connectivity index (χ1) is 13.4. The molecule has 1 fully saturated rings. The lowest BCUT2D eigenvalue weighted by molar-refractivity contribution is -0.166. The van der Waals surface area contributed by atoms with Crippen molar-refractivity contribution in [3.63, 3.8) is 0 Å². The van der Waals surface area contributed by atoms with Crippen LogP contribution < -0.4 is 0 Å². The molecular formula is C19H18F3N5O. The SMILES string of the molecule is O=C(c1ccc(C2(C(F)(F)F)N=N2)cc1)N1CCCC(Cc2ncccn2)C1. The second-order valence-electron chi connectivity index (χ2n) is 7.08. The Morgan fingerprint density at radius 1 is 1.14 bits per heavy atom. The number of alkyl halides is 3. The fraction of sp³-hybridized carbons (Fsp3) is 0.421. The highest BCUT2D eigenvalue weighted by Gasteiger charge is 2.65. The number of halogens is 3. The molecule has 146 valence electrons. The van der Waals surface area contributed by atoms with Crippen LogP contribution >= 0.6 is 0 Å². The van der Waals surface area contributed by atoms with E-state index in [1.165, 1.54) is 24.3 Å². The van der Waals surface area contributed by atoms with E-state index in [4.69, 9.17) is 0 Å². The summed E-state index contributed by atoms with van der Waals surface area (Å²) >= 11 is 0. The van der Waals surface area contributed by atoms with Gasteiger partial charge >= 0.3 is 11.8 Å². The molecule has 4 rings (SSSR count). The van der Waals surface area contributed by atoms with Crippen LogP contribution in [0.1, 0.15) is 34.6 Å². The van der Waals surface area contributed by atoms with Gasteiger partial charge in [0.15, 0.2) is 0 Å². The van der Waals surface area contributed by atoms with E-state index in [1.807, 2.05) is 0 Å². The zero-order valence-corrected chi connectivity index (χ0v) is 14.9. The highest BCUT2D eigenvalue weighted by molar-refractivity contribution is 5.94. The van der Waals surface area contributed by atoms with Crippen LogP contribution in [0.4, 0.5) is 13.2 Å². The molecule has 0 aliphatic carbocycles. The van der Waals surface area contributed by atoms with Crippen LogP contribution in [0.15, 0.2) is 53.0 Å². The van der Waals surface area contributed by atoms with Crippen molar-refractivity contribution in [2.75, 3.05) is 13.1 Å². The predicted octanol–water partition coefficient (Wildman–Crippen LogP) is 3.75. The average molecular weight is 389 g/mol. The van der Waals surface area contributed by atoms with E-state index in [9.17, 15) is 18.0 Å². The minimum atomic E-state index is -4.57. The molecule has 6 nitrogen and oxygen atoms in total. The molecule has 3 heterocycles. The van der Waals surface area contributed by atoms with Crippen molar-refractivity contribution in [2.45, 2.75) is 31.1 Å². The largest absolute Gasteiger partial charge is 0.442 e. The van der Waals surface area contributed by atoms with Crippen LogP contribution in [0.25, 0.3) is 0 Å². The quantitative estimate of drug-likeness (QED) is 0.800. The van der Waals surface area contributed by atoms with Gasteiger partial charge in [0.05, 0.1) is 0 Å². The van der Waals surface area contributed by atoms with Crippen molar-refractivity contribution < 1.29 is 18.0 Å². The van der Waals surface area contributed by atoms with Crippen molar-refractivity contribution in [3.05, 3.63) is 59.7 Å². The van der Waals surface area contributed by atoms with Crippen LogP contribution in [-0.2, 0) is 12.1 Å². The minimum absolute atomic E-state index is 0.0747. The summed E-state index contributed by atoms with van der Waals surface area (Å²) in [5.41, 5.74) is -2.17. The second-order valence-corrected chi connectivity index (χ2v) is 7.08. The molecule has 0 saturated carbocycles. The molecule has 0 spiro atoms. The Bertz CT molecular complexity index is 877. The van der Waals surface area contributed by atoms with E-state index in [2.05, 4.69) is 20.2 Å². The van der Waals surface area contributed by atoms with Gasteiger partial charge in [0.2, 0.25) is 0 Å². The number of aromatic nitrogens is 2. The summed E-state index contributed by atoms with van der Waals surface area (Å²) in [6.45, 7) is 1.21. The van der Waals surface area contributed by atoms with E-state index in [1.54, 1.807) is 23.4 Å². The van der Waals surface area contributed by atoms with Gasteiger partial charge in [-0.2, -0.15) is 13.2 Å². The molecule has 1 aromatic heterocycles. The van der Waals surface area contributed by atoms with Crippen molar-refractivity contribution in [1.82, 2.24) is 14.9 Å². The van der Waals surface area contributed by atoms with Gasteiger partial charge in [0.1, 0.15) is 5.82 Å². The van der Waals surface area contributed by atoms with E-state index < -0.39 is 11.8 Å². The Labute approximate surface area is 159 Å². The lowest BCUT2D eigenvalue weighted by Gasteiger charge is -2.32. The van der Waals surface area contributed by atoms with Crippen molar-refractivity contribution in [3.8, 4) is 0 Å². The first kappa shape index (κ1) is 18.5. The lowest BCUT2D eigenvalue weighted by atomic mass is 9.93. The number of amides is 1. The van der Waals surface area contributed by atoms with Gasteiger partial charge in [0, 0.05) is 43.0 Å². The Balaban J connectivity index is 1.43. The van der Waals surface area contributed by atoms with Gasteiger partial charge in [-0.05, 0) is 37.0 Å². The summed E-state index contributed by atoms with van der Waals surface area (Å²) < 4.78 is 39.2. The molecule has 1 aromatic carbocycles. The van der Waals surface area contributed by atoms with Gasteiger partial charge < -0.3 is 4.90 Å². The monoisotopic (exact) mass is 389 g/mol. The molecular weight excluding hydrogens is 371 g/mol. The molecule has 0 N–H and O–H groups in total. The molecule has 28 heavy (non-hydrogen) atoms. The van der Waals surface area contributed by atoms with Gasteiger partial charge in [-0.15, -0.1) is 10.2 Å². The van der Waals surface area contributed by atoms with Crippen molar-refractivity contribution in [1.29, 1.82) is 0 Å². The lowest BCUT2D eigenvalue weighted by Crippen LogP contribution is -2.40. The topological polar surface area (TPSA) is 70.8 Å². The number of nitrogens with zero attached hydrogens (tertiary/aromatic N) is 5. The second kappa shape index (κ2) is 6.96. The molecule has 1 amide bonds. The molecule has 2 aliphatic heterocycles. The molecule has 0 radical (unpaired) electrons. The normalized spacial score (nSPS) is 20.8. The van der Waals surface area contributed by atoms with Gasteiger partial charge in [-0.25, -0.2) is 9.97 Å². The fourth-order valence-corrected chi connectivity index (χ4v) is 3.58. The number of hydrogen-bond donors (Lipinski definition) is 0. The molecule has 1 atom stereocenters. The highest BCUT2D eigenvalue weighted by Crippen LogP contribution is 2.52. The van der Waals surface area contributed by atoms with E-state index in [0.717, 1.165) is 18.7 Å². The molecule has 2 aromatic rings. The van der Waals surface area contributed by atoms with Crippen LogP contribution in [0.2, 0.25) is 0 Å². The molecule has 2 aliphatic rings. The zero-order valence-electron chi connectivity index (χ0n) is 14.9. The number of piperidine rings is 1. The first-order valence-corrected chi connectivity index (χ1v) is 9.05. The molecule has 1 unspecified atom stereocenters. The van der Waals surface area contributed by atoms with Crippen LogP contribution in [-0.4, -0.2) is 40.0 Å². The zero-order chi connectivity index (χ0) is 19.8. The summed E-state index contributed by atoms with van der Waals surface area (Å²) in [5.74, 6) is 0.827. The number of carbonyl (C=O) groups is 1. The predicted molar refractivity (Wildman–Crippen MR) is 93.4 cm³/mol. The summed E-state index contributed by atoms with van der Waals surface area (Å²) in [7, 11) is 0. The Hall–Kier alpha value is -2.84. The van der Waals surface area contributed by atoms with Gasteiger partial charge in [-0.1, -0.05) is 12.1 Å². The third kappa shape index (κ3) is 3.48. The Kier molecular flexibility index (Phi) is 4.60. The first-order valence-electron chi connectivity index (χ1n) is 9.05. The molecule has 9 heteroatoms. The Morgan fingerprint density at radius 3 is 2.43 bits per heavy atom. The number of benzene rings is 1. The summed E-state index contributed by atoms with van der Waals surface area (Å²) in [4.78, 5) is 23.0. The Morgan fingerprint density at radius 2 is 1.82 bits per heavy atom. The molecule has 1 saturated heterocycles. The van der Waals surface area contributed by atoms with Crippen LogP contribution in [0, 0.1) is 5.92 Å². The van der Waals surface area contributed by atoms with Gasteiger partial charge in [0.25, 0.3) is 5.91 Å². The number of rotatable bonds is 4. The van der Waals surface area contributed by atoms with Crippen molar-refractivity contribution >= 4 is 5.91 Å². The third-order valence-electron chi connectivity index (χ3n) is 5.13. The maximum Gasteiger partial charge on any atom is 0.442 e. The minimum Gasteiger partial charge on any atom is -0.338 e. The summed E-state index contributed by atoms with van der Waals surface area (Å²) in [6, 6.07) is 7.14. The maximum atomic E-state index is 13.1. The average Bonchev–Trinajstić information content (AvgIpc) is 3.51. The molecule has 0 bridgehead atoms. The standard InChI is InChI=1S/C19H18F3N5O/c20-19(21,22)18(25-26-18)15-6-4-14(5-7-15)17(28)27-10-1-3-13(12-27)11-16-23-8-2-9-24-16/h2,4-9,13H,1,3,10-12H2. The number of carbonyl (C=O) groups excluding carboxylic acids is 1. The number of likely N-dealkylation sites (tertiary alicyclic amines) is 1. The fourth-order valence-electron chi connectivity index (χ4n) is 3.58. The number of hydrogen-bond acceptors (Lipinski definition) is 5. The van der Waals surface area contributed by atoms with Crippen molar-refractivity contribution in [2.24, 2.45) is 16.1 Å². The van der Waals surface area contributed by atoms with E-state index in [0.29, 0.717) is 25.1 Å². The highest BCUT2D eigenvalue weighted by atomic mass is 19.4. The van der Waals surface area contributed by atoms with E-state index >= 15 is 0 Å². The smallest absolute Gasteiger partial charge is 0.338 e. The maximum absolute atomic E-state index is 13.1. The van der Waals surface area contributed by atoms with Gasteiger partial charge in [-0.3, -0.25) is 4.79 Å². The summed E-state index contributed by atoms with van der Waals surface area (Å²) in [5, 5.41) is 6.36. The van der Waals surface area contributed by atoms with Crippen LogP contribution in [0.5, 0.6) is 0 Å². The summed E-state index contributed by atoms with van der Waals surface area (Å²) in [6.07, 6.45) is 1.37. The van der Waals surface area contributed by atoms with E-state index in [-0.39, 0.29) is 17.4 Å². The third-order valence-corrected chi connectivity index (χ3v) is 5.13.